The van der Waals surface area contributed by atoms with Crippen molar-refractivity contribution in [3.63, 3.8) is 0 Å². The van der Waals surface area contributed by atoms with Gasteiger partial charge >= 0.3 is 0 Å². The highest BCUT2D eigenvalue weighted by atomic mass is 79.9. The third kappa shape index (κ3) is 4.45. The van der Waals surface area contributed by atoms with E-state index in [1.54, 1.807) is 6.20 Å². The minimum atomic E-state index is -0.104. The average molecular weight is 271 g/mol. The zero-order chi connectivity index (χ0) is 11.3. The minimum absolute atomic E-state index is 0.104. The Morgan fingerprint density at radius 3 is 2.87 bits per heavy atom. The van der Waals surface area contributed by atoms with Gasteiger partial charge in [-0.05, 0) is 36.2 Å². The van der Waals surface area contributed by atoms with Crippen LogP contribution < -0.4 is 5.32 Å². The summed E-state index contributed by atoms with van der Waals surface area (Å²) < 4.78 is 2.80. The summed E-state index contributed by atoms with van der Waals surface area (Å²) in [7, 11) is 0. The maximum absolute atomic E-state index is 8.91. The molecule has 1 N–H and O–H groups in total. The Hall–Kier alpha value is -0.860. The quantitative estimate of drug-likeness (QED) is 0.890. The zero-order valence-electron chi connectivity index (χ0n) is 8.94. The smallest absolute Gasteiger partial charge is 0.0972 e. The van der Waals surface area contributed by atoms with Gasteiger partial charge in [0.15, 0.2) is 0 Å². The Morgan fingerprint density at radius 1 is 1.67 bits per heavy atom. The monoisotopic (exact) mass is 270 g/mol. The standard InChI is InChI=1S/C10H15BrN4/c1-8(2)14-10(5-12)3-4-15-7-9(11)6-13-15/h6-8,10,14H,3-4H2,1-2H3. The molecule has 0 fully saturated rings. The van der Waals surface area contributed by atoms with Crippen LogP contribution in [0.15, 0.2) is 16.9 Å². The summed E-state index contributed by atoms with van der Waals surface area (Å²) in [5.74, 6) is 0. The lowest BCUT2D eigenvalue weighted by molar-refractivity contribution is 0.461. The van der Waals surface area contributed by atoms with Crippen LogP contribution in [0, 0.1) is 11.3 Å². The number of nitrogens with zero attached hydrogens (tertiary/aromatic N) is 3. The van der Waals surface area contributed by atoms with E-state index in [1.807, 2.05) is 24.7 Å². The van der Waals surface area contributed by atoms with E-state index in [4.69, 9.17) is 5.26 Å². The van der Waals surface area contributed by atoms with Crippen LogP contribution in [-0.4, -0.2) is 21.9 Å². The van der Waals surface area contributed by atoms with Crippen LogP contribution in [0.25, 0.3) is 0 Å². The molecule has 1 heterocycles. The Labute approximate surface area is 98.4 Å². The molecule has 4 nitrogen and oxygen atoms in total. The maximum Gasteiger partial charge on any atom is 0.0972 e. The van der Waals surface area contributed by atoms with Crippen molar-refractivity contribution in [1.82, 2.24) is 15.1 Å². The van der Waals surface area contributed by atoms with Gasteiger partial charge in [-0.2, -0.15) is 10.4 Å². The third-order valence-corrected chi connectivity index (χ3v) is 2.35. The molecule has 0 radical (unpaired) electrons. The summed E-state index contributed by atoms with van der Waals surface area (Å²) in [4.78, 5) is 0. The molecule has 0 spiro atoms. The van der Waals surface area contributed by atoms with E-state index in [9.17, 15) is 0 Å². The normalized spacial score (nSPS) is 12.7. The SMILES string of the molecule is CC(C)NC(C#N)CCn1cc(Br)cn1. The third-order valence-electron chi connectivity index (χ3n) is 1.94. The van der Waals surface area contributed by atoms with E-state index in [1.165, 1.54) is 0 Å². The first-order valence-corrected chi connectivity index (χ1v) is 5.74. The topological polar surface area (TPSA) is 53.6 Å². The fourth-order valence-electron chi connectivity index (χ4n) is 1.31. The second kappa shape index (κ2) is 5.89. The number of aryl methyl sites for hydroxylation is 1. The predicted molar refractivity (Wildman–Crippen MR) is 62.2 cm³/mol. The molecule has 0 saturated carbocycles. The highest BCUT2D eigenvalue weighted by Gasteiger charge is 2.08. The Kier molecular flexibility index (Phi) is 4.79. The van der Waals surface area contributed by atoms with E-state index in [0.29, 0.717) is 6.04 Å². The number of aromatic nitrogens is 2. The van der Waals surface area contributed by atoms with Crippen molar-refractivity contribution in [2.45, 2.75) is 38.9 Å². The highest BCUT2D eigenvalue weighted by Crippen LogP contribution is 2.07. The number of nitriles is 1. The molecule has 1 atom stereocenters. The van der Waals surface area contributed by atoms with Crippen LogP contribution in [0.5, 0.6) is 0 Å². The van der Waals surface area contributed by atoms with Crippen molar-refractivity contribution in [2.24, 2.45) is 0 Å². The Morgan fingerprint density at radius 2 is 2.40 bits per heavy atom. The summed E-state index contributed by atoms with van der Waals surface area (Å²) in [6.45, 7) is 4.83. The molecule has 0 aromatic carbocycles. The van der Waals surface area contributed by atoms with Gasteiger partial charge in [0.25, 0.3) is 0 Å². The summed E-state index contributed by atoms with van der Waals surface area (Å²) in [6.07, 6.45) is 4.42. The fraction of sp³-hybridized carbons (Fsp3) is 0.600. The predicted octanol–water partition coefficient (Wildman–Crippen LogP) is 1.93. The molecule has 0 aliphatic carbocycles. The fourth-order valence-corrected chi connectivity index (χ4v) is 1.64. The molecular weight excluding hydrogens is 256 g/mol. The lowest BCUT2D eigenvalue weighted by Gasteiger charge is -2.14. The summed E-state index contributed by atoms with van der Waals surface area (Å²) >= 11 is 3.33. The van der Waals surface area contributed by atoms with Gasteiger partial charge < -0.3 is 0 Å². The number of rotatable bonds is 5. The largest absolute Gasteiger partial charge is 0.300 e. The summed E-state index contributed by atoms with van der Waals surface area (Å²) in [5, 5.41) is 16.2. The lowest BCUT2D eigenvalue weighted by atomic mass is 10.2. The van der Waals surface area contributed by atoms with Crippen molar-refractivity contribution in [2.75, 3.05) is 0 Å². The molecule has 82 valence electrons. The number of hydrogen-bond donors (Lipinski definition) is 1. The van der Waals surface area contributed by atoms with Crippen LogP contribution in [0.3, 0.4) is 0 Å². The number of halogens is 1. The van der Waals surface area contributed by atoms with Gasteiger partial charge in [-0.3, -0.25) is 10.00 Å². The first-order valence-electron chi connectivity index (χ1n) is 4.95. The van der Waals surface area contributed by atoms with Crippen LogP contribution in [0.2, 0.25) is 0 Å². The zero-order valence-corrected chi connectivity index (χ0v) is 10.5. The van der Waals surface area contributed by atoms with E-state index in [2.05, 4.69) is 32.4 Å². The maximum atomic E-state index is 8.91. The van der Waals surface area contributed by atoms with Gasteiger partial charge in [-0.1, -0.05) is 0 Å². The molecule has 0 aliphatic heterocycles. The van der Waals surface area contributed by atoms with Gasteiger partial charge in [0.05, 0.1) is 22.8 Å². The van der Waals surface area contributed by atoms with Crippen molar-refractivity contribution < 1.29 is 0 Å². The average Bonchev–Trinajstić information content (AvgIpc) is 2.58. The summed E-state index contributed by atoms with van der Waals surface area (Å²) in [6, 6.07) is 2.48. The van der Waals surface area contributed by atoms with Crippen LogP contribution in [0.4, 0.5) is 0 Å². The van der Waals surface area contributed by atoms with Crippen molar-refractivity contribution in [3.8, 4) is 6.07 Å². The second-order valence-electron chi connectivity index (χ2n) is 3.71. The van der Waals surface area contributed by atoms with Gasteiger partial charge in [0, 0.05) is 18.8 Å². The Balaban J connectivity index is 2.38. The van der Waals surface area contributed by atoms with E-state index < -0.39 is 0 Å². The molecule has 0 amide bonds. The first kappa shape index (κ1) is 12.2. The van der Waals surface area contributed by atoms with Gasteiger partial charge in [0.2, 0.25) is 0 Å². The highest BCUT2D eigenvalue weighted by molar-refractivity contribution is 9.10. The van der Waals surface area contributed by atoms with Crippen LogP contribution in [0.1, 0.15) is 20.3 Å². The summed E-state index contributed by atoms with van der Waals surface area (Å²) in [5.41, 5.74) is 0. The van der Waals surface area contributed by atoms with E-state index >= 15 is 0 Å². The van der Waals surface area contributed by atoms with Gasteiger partial charge in [-0.15, -0.1) is 0 Å². The van der Waals surface area contributed by atoms with E-state index in [0.717, 1.165) is 17.4 Å². The minimum Gasteiger partial charge on any atom is -0.300 e. The van der Waals surface area contributed by atoms with E-state index in [-0.39, 0.29) is 6.04 Å². The second-order valence-corrected chi connectivity index (χ2v) is 4.63. The molecule has 1 rings (SSSR count). The molecule has 1 aromatic heterocycles. The molecule has 5 heteroatoms. The molecule has 0 bridgehead atoms. The molecule has 0 saturated heterocycles. The molecular formula is C10H15BrN4. The molecule has 15 heavy (non-hydrogen) atoms. The van der Waals surface area contributed by atoms with Crippen molar-refractivity contribution in [3.05, 3.63) is 16.9 Å². The van der Waals surface area contributed by atoms with Crippen molar-refractivity contribution in [1.29, 1.82) is 5.26 Å². The number of hydrogen-bond acceptors (Lipinski definition) is 3. The van der Waals surface area contributed by atoms with Gasteiger partial charge in [0.1, 0.15) is 0 Å². The first-order chi connectivity index (χ1) is 7.11. The number of nitrogens with one attached hydrogen (secondary N) is 1. The Bertz CT molecular complexity index is 339. The van der Waals surface area contributed by atoms with Crippen molar-refractivity contribution >= 4 is 15.9 Å². The van der Waals surface area contributed by atoms with Crippen LogP contribution >= 0.6 is 15.9 Å². The van der Waals surface area contributed by atoms with Gasteiger partial charge in [-0.25, -0.2) is 0 Å². The van der Waals surface area contributed by atoms with Crippen LogP contribution in [-0.2, 0) is 6.54 Å². The molecule has 0 aliphatic rings. The lowest BCUT2D eigenvalue weighted by Crippen LogP contribution is -2.34. The molecule has 1 aromatic rings. The molecule has 1 unspecified atom stereocenters.